The van der Waals surface area contributed by atoms with E-state index in [0.717, 1.165) is 5.56 Å². The van der Waals surface area contributed by atoms with E-state index >= 15 is 0 Å². The fraction of sp³-hybridized carbons (Fsp3) is 0.385. The molecule has 0 saturated carbocycles. The van der Waals surface area contributed by atoms with Crippen molar-refractivity contribution in [3.05, 3.63) is 35.1 Å². The van der Waals surface area contributed by atoms with E-state index in [1.807, 2.05) is 13.8 Å². The number of nitrogens with one attached hydrogen (secondary N) is 1. The summed E-state index contributed by atoms with van der Waals surface area (Å²) in [6.45, 7) is 5.53. The fourth-order valence-corrected chi connectivity index (χ4v) is 1.54. The molecule has 4 nitrogen and oxygen atoms in total. The number of rotatable bonds is 3. The van der Waals surface area contributed by atoms with Gasteiger partial charge in [-0.25, -0.2) is 9.18 Å². The van der Waals surface area contributed by atoms with Gasteiger partial charge >= 0.3 is 11.9 Å². The number of benzene rings is 1. The molecule has 1 rings (SSSR count). The number of aryl methyl sites for hydroxylation is 1. The Balaban J connectivity index is 2.82. The van der Waals surface area contributed by atoms with Crippen LogP contribution in [0.5, 0.6) is 0 Å². The molecule has 1 amide bonds. The van der Waals surface area contributed by atoms with Gasteiger partial charge in [0, 0.05) is 12.0 Å². The van der Waals surface area contributed by atoms with Crippen LogP contribution in [0, 0.1) is 12.7 Å². The maximum Gasteiger partial charge on any atom is 0.394 e. The smallest absolute Gasteiger partial charge is 0.394 e. The zero-order chi connectivity index (χ0) is 13.9. The molecule has 5 heteroatoms. The molecule has 18 heavy (non-hydrogen) atoms. The first-order valence-electron chi connectivity index (χ1n) is 5.52. The minimum absolute atomic E-state index is 0.170. The molecule has 2 N–H and O–H groups in total. The number of halogens is 1. The molecule has 0 unspecified atom stereocenters. The van der Waals surface area contributed by atoms with Crippen LogP contribution < -0.4 is 5.32 Å². The number of hydrogen-bond acceptors (Lipinski definition) is 2. The van der Waals surface area contributed by atoms with Crippen LogP contribution in [0.1, 0.15) is 25.0 Å². The van der Waals surface area contributed by atoms with E-state index in [1.165, 1.54) is 6.07 Å². The van der Waals surface area contributed by atoms with Gasteiger partial charge in [-0.15, -0.1) is 0 Å². The summed E-state index contributed by atoms with van der Waals surface area (Å²) in [6.07, 6.45) is 0. The molecule has 0 radical (unpaired) electrons. The van der Waals surface area contributed by atoms with Crippen LogP contribution in [0.15, 0.2) is 18.2 Å². The Bertz CT molecular complexity index is 483. The molecule has 0 spiro atoms. The van der Waals surface area contributed by atoms with E-state index in [-0.39, 0.29) is 12.4 Å². The molecule has 0 aliphatic carbocycles. The van der Waals surface area contributed by atoms with Gasteiger partial charge in [0.15, 0.2) is 0 Å². The highest BCUT2D eigenvalue weighted by atomic mass is 19.1. The zero-order valence-corrected chi connectivity index (χ0v) is 10.6. The summed E-state index contributed by atoms with van der Waals surface area (Å²) in [5.41, 5.74) is 0.890. The van der Waals surface area contributed by atoms with Crippen molar-refractivity contribution < 1.29 is 19.1 Å². The fourth-order valence-electron chi connectivity index (χ4n) is 1.54. The molecule has 0 aliphatic rings. The van der Waals surface area contributed by atoms with Crippen molar-refractivity contribution in [1.29, 1.82) is 0 Å². The van der Waals surface area contributed by atoms with Gasteiger partial charge in [-0.1, -0.05) is 26.0 Å². The number of carbonyl (C=O) groups excluding carboxylic acids is 1. The van der Waals surface area contributed by atoms with Crippen LogP contribution in [0.2, 0.25) is 0 Å². The average molecular weight is 253 g/mol. The first kappa shape index (κ1) is 14.2. The van der Waals surface area contributed by atoms with Crippen molar-refractivity contribution in [3.63, 3.8) is 0 Å². The Morgan fingerprint density at radius 3 is 2.50 bits per heavy atom. The lowest BCUT2D eigenvalue weighted by Gasteiger charge is -2.25. The maximum absolute atomic E-state index is 13.2. The summed E-state index contributed by atoms with van der Waals surface area (Å²) in [4.78, 5) is 21.4. The van der Waals surface area contributed by atoms with Gasteiger partial charge in [-0.3, -0.25) is 4.79 Å². The van der Waals surface area contributed by atoms with Crippen molar-refractivity contribution in [1.82, 2.24) is 5.32 Å². The Morgan fingerprint density at radius 2 is 2.00 bits per heavy atom. The predicted molar refractivity (Wildman–Crippen MR) is 64.8 cm³/mol. The molecule has 0 aliphatic heterocycles. The molecule has 0 fully saturated rings. The Hall–Kier alpha value is -1.91. The standard InChI is InChI=1S/C13H16FNO3/c1-8-6-9(4-5-10(8)14)13(2,3)7-15-11(16)12(17)18/h4-6H,7H2,1-3H3,(H,15,16)(H,17,18). The largest absolute Gasteiger partial charge is 0.474 e. The number of carboxylic acid groups (broad SMARTS) is 1. The normalized spacial score (nSPS) is 11.1. The molecular weight excluding hydrogens is 237 g/mol. The van der Waals surface area contributed by atoms with Crippen LogP contribution >= 0.6 is 0 Å². The summed E-state index contributed by atoms with van der Waals surface area (Å²) >= 11 is 0. The van der Waals surface area contributed by atoms with Gasteiger partial charge in [0.2, 0.25) is 0 Å². The third kappa shape index (κ3) is 3.29. The van der Waals surface area contributed by atoms with Crippen molar-refractivity contribution in [2.45, 2.75) is 26.2 Å². The minimum Gasteiger partial charge on any atom is -0.474 e. The molecular formula is C13H16FNO3. The molecule has 0 heterocycles. The highest BCUT2D eigenvalue weighted by Crippen LogP contribution is 2.24. The second kappa shape index (κ2) is 5.16. The van der Waals surface area contributed by atoms with E-state index in [4.69, 9.17) is 5.11 Å². The lowest BCUT2D eigenvalue weighted by Crippen LogP contribution is -2.39. The lowest BCUT2D eigenvalue weighted by molar-refractivity contribution is -0.150. The SMILES string of the molecule is Cc1cc(C(C)(C)CNC(=O)C(=O)O)ccc1F. The highest BCUT2D eigenvalue weighted by Gasteiger charge is 2.23. The topological polar surface area (TPSA) is 66.4 Å². The van der Waals surface area contributed by atoms with Crippen LogP contribution in [0.3, 0.4) is 0 Å². The van der Waals surface area contributed by atoms with Gasteiger partial charge < -0.3 is 10.4 Å². The molecule has 1 aromatic carbocycles. The Kier molecular flexibility index (Phi) is 4.06. The van der Waals surface area contributed by atoms with Gasteiger partial charge in [0.1, 0.15) is 5.82 Å². The molecule has 0 bridgehead atoms. The number of aliphatic carboxylic acids is 1. The first-order valence-corrected chi connectivity index (χ1v) is 5.52. The number of carboxylic acids is 1. The summed E-state index contributed by atoms with van der Waals surface area (Å²) in [5.74, 6) is -2.84. The second-order valence-corrected chi connectivity index (χ2v) is 4.84. The second-order valence-electron chi connectivity index (χ2n) is 4.84. The highest BCUT2D eigenvalue weighted by molar-refractivity contribution is 6.31. The molecule has 0 atom stereocenters. The average Bonchev–Trinajstić information content (AvgIpc) is 2.29. The zero-order valence-electron chi connectivity index (χ0n) is 10.6. The van der Waals surface area contributed by atoms with Gasteiger partial charge in [0.05, 0.1) is 0 Å². The van der Waals surface area contributed by atoms with E-state index in [0.29, 0.717) is 5.56 Å². The van der Waals surface area contributed by atoms with Crippen molar-refractivity contribution in [2.24, 2.45) is 0 Å². The number of hydrogen-bond donors (Lipinski definition) is 2. The third-order valence-corrected chi connectivity index (χ3v) is 2.82. The molecule has 98 valence electrons. The summed E-state index contributed by atoms with van der Waals surface area (Å²) in [5, 5.41) is 10.8. The number of carbonyl (C=O) groups is 2. The quantitative estimate of drug-likeness (QED) is 0.804. The van der Waals surface area contributed by atoms with Crippen LogP contribution in [0.25, 0.3) is 0 Å². The molecule has 1 aromatic rings. The van der Waals surface area contributed by atoms with Crippen LogP contribution in [0.4, 0.5) is 4.39 Å². The lowest BCUT2D eigenvalue weighted by atomic mass is 9.84. The maximum atomic E-state index is 13.2. The molecule has 0 aromatic heterocycles. The van der Waals surface area contributed by atoms with Gasteiger partial charge in [-0.2, -0.15) is 0 Å². The van der Waals surface area contributed by atoms with E-state index < -0.39 is 17.3 Å². The van der Waals surface area contributed by atoms with Gasteiger partial charge in [0.25, 0.3) is 0 Å². The molecule has 0 saturated heterocycles. The predicted octanol–water partition coefficient (Wildman–Crippen LogP) is 1.61. The van der Waals surface area contributed by atoms with E-state index in [9.17, 15) is 14.0 Å². The van der Waals surface area contributed by atoms with Gasteiger partial charge in [-0.05, 0) is 24.1 Å². The summed E-state index contributed by atoms with van der Waals surface area (Å²) in [7, 11) is 0. The Labute approximate surface area is 105 Å². The monoisotopic (exact) mass is 253 g/mol. The third-order valence-electron chi connectivity index (χ3n) is 2.82. The van der Waals surface area contributed by atoms with Crippen molar-refractivity contribution in [3.8, 4) is 0 Å². The summed E-state index contributed by atoms with van der Waals surface area (Å²) < 4.78 is 13.2. The van der Waals surface area contributed by atoms with E-state index in [2.05, 4.69) is 5.32 Å². The van der Waals surface area contributed by atoms with Crippen molar-refractivity contribution >= 4 is 11.9 Å². The summed E-state index contributed by atoms with van der Waals surface area (Å²) in [6, 6.07) is 4.70. The minimum atomic E-state index is -1.51. The number of amides is 1. The van der Waals surface area contributed by atoms with Crippen LogP contribution in [-0.2, 0) is 15.0 Å². The van der Waals surface area contributed by atoms with E-state index in [1.54, 1.807) is 19.1 Å². The Morgan fingerprint density at radius 1 is 1.39 bits per heavy atom. The van der Waals surface area contributed by atoms with Crippen molar-refractivity contribution in [2.75, 3.05) is 6.54 Å². The first-order chi connectivity index (χ1) is 8.24. The van der Waals surface area contributed by atoms with Crippen LogP contribution in [-0.4, -0.2) is 23.5 Å².